The Morgan fingerprint density at radius 3 is 2.60 bits per heavy atom. The van der Waals surface area contributed by atoms with Crippen molar-refractivity contribution in [1.82, 2.24) is 10.2 Å². The Morgan fingerprint density at radius 2 is 1.90 bits per heavy atom. The van der Waals surface area contributed by atoms with E-state index in [2.05, 4.69) is 22.8 Å². The summed E-state index contributed by atoms with van der Waals surface area (Å²) in [7, 11) is 1.66. The Bertz CT molecular complexity index is 893. The molecule has 2 fully saturated rings. The van der Waals surface area contributed by atoms with E-state index >= 15 is 0 Å². The number of carbonyl (C=O) groups is 2. The minimum atomic E-state index is -0.0464. The fourth-order valence-corrected chi connectivity index (χ4v) is 4.06. The van der Waals surface area contributed by atoms with Crippen molar-refractivity contribution in [3.05, 3.63) is 59.7 Å². The van der Waals surface area contributed by atoms with E-state index in [0.717, 1.165) is 55.8 Å². The van der Waals surface area contributed by atoms with Gasteiger partial charge in [-0.05, 0) is 54.7 Å². The molecule has 2 aliphatic rings. The summed E-state index contributed by atoms with van der Waals surface area (Å²) in [5, 5.41) is 6.00. The fraction of sp³-hybridized carbons (Fsp3) is 0.417. The molecule has 1 heterocycles. The molecule has 4 rings (SSSR count). The van der Waals surface area contributed by atoms with E-state index in [1.54, 1.807) is 7.11 Å². The first-order valence-corrected chi connectivity index (χ1v) is 10.7. The number of benzene rings is 2. The van der Waals surface area contributed by atoms with Crippen LogP contribution in [0.15, 0.2) is 48.5 Å². The molecular weight excluding hydrogens is 378 g/mol. The zero-order chi connectivity index (χ0) is 20.9. The van der Waals surface area contributed by atoms with Crippen LogP contribution in [0.2, 0.25) is 0 Å². The summed E-state index contributed by atoms with van der Waals surface area (Å²) in [5.74, 6) is 1.45. The molecule has 3 amide bonds. The smallest absolute Gasteiger partial charge is 0.317 e. The maximum atomic E-state index is 12.6. The first kappa shape index (κ1) is 20.3. The van der Waals surface area contributed by atoms with E-state index in [0.29, 0.717) is 12.5 Å². The van der Waals surface area contributed by atoms with Crippen molar-refractivity contribution in [1.29, 1.82) is 0 Å². The largest absolute Gasteiger partial charge is 0.497 e. The van der Waals surface area contributed by atoms with Crippen LogP contribution in [-0.4, -0.2) is 37.0 Å². The SMILES string of the molecule is COc1ccc(C2CCN(C(=O)NCc3cccc(NC(=O)C4CCC4)c3)C2)cc1. The van der Waals surface area contributed by atoms with Crippen LogP contribution in [0.5, 0.6) is 5.75 Å². The number of methoxy groups -OCH3 is 1. The van der Waals surface area contributed by atoms with Gasteiger partial charge in [-0.1, -0.05) is 30.7 Å². The van der Waals surface area contributed by atoms with Crippen molar-refractivity contribution >= 4 is 17.6 Å². The minimum Gasteiger partial charge on any atom is -0.497 e. The topological polar surface area (TPSA) is 70.7 Å². The van der Waals surface area contributed by atoms with Crippen molar-refractivity contribution in [2.75, 3.05) is 25.5 Å². The van der Waals surface area contributed by atoms with E-state index in [9.17, 15) is 9.59 Å². The van der Waals surface area contributed by atoms with Gasteiger partial charge in [0, 0.05) is 37.2 Å². The quantitative estimate of drug-likeness (QED) is 0.756. The number of rotatable bonds is 6. The lowest BCUT2D eigenvalue weighted by Crippen LogP contribution is -2.38. The van der Waals surface area contributed by atoms with Gasteiger partial charge in [0.05, 0.1) is 7.11 Å². The third-order valence-electron chi connectivity index (χ3n) is 6.18. The van der Waals surface area contributed by atoms with Crippen molar-refractivity contribution in [2.45, 2.75) is 38.1 Å². The summed E-state index contributed by atoms with van der Waals surface area (Å²) >= 11 is 0. The molecule has 158 valence electrons. The summed E-state index contributed by atoms with van der Waals surface area (Å²) in [4.78, 5) is 26.6. The molecule has 1 unspecified atom stereocenters. The molecule has 30 heavy (non-hydrogen) atoms. The van der Waals surface area contributed by atoms with Crippen molar-refractivity contribution < 1.29 is 14.3 Å². The number of carbonyl (C=O) groups excluding carboxylic acids is 2. The number of ether oxygens (including phenoxy) is 1. The third-order valence-corrected chi connectivity index (χ3v) is 6.18. The van der Waals surface area contributed by atoms with E-state index < -0.39 is 0 Å². The molecule has 6 nitrogen and oxygen atoms in total. The second kappa shape index (κ2) is 9.20. The molecule has 1 aliphatic carbocycles. The predicted molar refractivity (Wildman–Crippen MR) is 117 cm³/mol. The van der Waals surface area contributed by atoms with Crippen LogP contribution in [-0.2, 0) is 11.3 Å². The van der Waals surface area contributed by atoms with Gasteiger partial charge in [0.15, 0.2) is 0 Å². The summed E-state index contributed by atoms with van der Waals surface area (Å²) in [5.41, 5.74) is 3.00. The maximum absolute atomic E-state index is 12.6. The van der Waals surface area contributed by atoms with Gasteiger partial charge in [-0.15, -0.1) is 0 Å². The Morgan fingerprint density at radius 1 is 1.10 bits per heavy atom. The first-order valence-electron chi connectivity index (χ1n) is 10.7. The molecule has 0 bridgehead atoms. The Kier molecular flexibility index (Phi) is 6.21. The van der Waals surface area contributed by atoms with Gasteiger partial charge in [-0.2, -0.15) is 0 Å². The van der Waals surface area contributed by atoms with Gasteiger partial charge in [0.2, 0.25) is 5.91 Å². The van der Waals surface area contributed by atoms with Crippen LogP contribution < -0.4 is 15.4 Å². The number of nitrogens with one attached hydrogen (secondary N) is 2. The van der Waals surface area contributed by atoms with Crippen LogP contribution in [0.1, 0.15) is 42.7 Å². The number of hydrogen-bond acceptors (Lipinski definition) is 3. The molecule has 2 N–H and O–H groups in total. The number of amides is 3. The van der Waals surface area contributed by atoms with Crippen LogP contribution in [0.25, 0.3) is 0 Å². The van der Waals surface area contributed by atoms with Gasteiger partial charge in [-0.3, -0.25) is 4.79 Å². The molecule has 1 saturated heterocycles. The van der Waals surface area contributed by atoms with Gasteiger partial charge >= 0.3 is 6.03 Å². The molecule has 6 heteroatoms. The highest BCUT2D eigenvalue weighted by atomic mass is 16.5. The Labute approximate surface area is 177 Å². The zero-order valence-corrected chi connectivity index (χ0v) is 17.4. The average molecular weight is 408 g/mol. The highest BCUT2D eigenvalue weighted by Gasteiger charge is 2.27. The standard InChI is InChI=1S/C24H29N3O3/c1-30-22-10-8-18(9-11-22)20-12-13-27(16-20)24(29)25-15-17-4-2-7-21(14-17)26-23(28)19-5-3-6-19/h2,4,7-11,14,19-20H,3,5-6,12-13,15-16H2,1H3,(H,25,29)(H,26,28). The molecule has 0 spiro atoms. The third kappa shape index (κ3) is 4.75. The van der Waals surface area contributed by atoms with Gasteiger partial charge in [0.1, 0.15) is 5.75 Å². The highest BCUT2D eigenvalue weighted by molar-refractivity contribution is 5.93. The lowest BCUT2D eigenvalue weighted by molar-refractivity contribution is -0.122. The maximum Gasteiger partial charge on any atom is 0.317 e. The van der Waals surface area contributed by atoms with E-state index in [4.69, 9.17) is 4.74 Å². The molecular formula is C24H29N3O3. The van der Waals surface area contributed by atoms with Crippen molar-refractivity contribution in [3.8, 4) is 5.75 Å². The molecule has 2 aromatic rings. The van der Waals surface area contributed by atoms with E-state index in [1.807, 2.05) is 41.3 Å². The molecule has 1 atom stereocenters. The van der Waals surface area contributed by atoms with Crippen molar-refractivity contribution in [2.24, 2.45) is 5.92 Å². The van der Waals surface area contributed by atoms with Gasteiger partial charge in [0.25, 0.3) is 0 Å². The predicted octanol–water partition coefficient (Wildman–Crippen LogP) is 4.13. The fourth-order valence-electron chi connectivity index (χ4n) is 4.06. The molecule has 0 aromatic heterocycles. The van der Waals surface area contributed by atoms with Crippen molar-refractivity contribution in [3.63, 3.8) is 0 Å². The van der Waals surface area contributed by atoms with E-state index in [1.165, 1.54) is 5.56 Å². The molecule has 0 radical (unpaired) electrons. The number of hydrogen-bond donors (Lipinski definition) is 2. The summed E-state index contributed by atoms with van der Waals surface area (Å²) < 4.78 is 5.22. The first-order chi connectivity index (χ1) is 14.6. The lowest BCUT2D eigenvalue weighted by atomic mass is 9.85. The Balaban J connectivity index is 1.27. The summed E-state index contributed by atoms with van der Waals surface area (Å²) in [6.07, 6.45) is 4.06. The monoisotopic (exact) mass is 407 g/mol. The van der Waals surface area contributed by atoms with Gasteiger partial charge < -0.3 is 20.3 Å². The lowest BCUT2D eigenvalue weighted by Gasteiger charge is -2.24. The minimum absolute atomic E-state index is 0.0464. The van der Waals surface area contributed by atoms with E-state index in [-0.39, 0.29) is 17.9 Å². The van der Waals surface area contributed by atoms with Crippen LogP contribution in [0, 0.1) is 5.92 Å². The second-order valence-electron chi connectivity index (χ2n) is 8.18. The molecule has 2 aromatic carbocycles. The van der Waals surface area contributed by atoms with Gasteiger partial charge in [-0.25, -0.2) is 4.79 Å². The highest BCUT2D eigenvalue weighted by Crippen LogP contribution is 2.29. The Hall–Kier alpha value is -3.02. The zero-order valence-electron chi connectivity index (χ0n) is 17.4. The molecule has 1 aliphatic heterocycles. The number of nitrogens with zero attached hydrogens (tertiary/aromatic N) is 1. The molecule has 1 saturated carbocycles. The average Bonchev–Trinajstić information content (AvgIpc) is 3.21. The number of anilines is 1. The summed E-state index contributed by atoms with van der Waals surface area (Å²) in [6.45, 7) is 1.91. The van der Waals surface area contributed by atoms with Crippen LogP contribution in [0.3, 0.4) is 0 Å². The van der Waals surface area contributed by atoms with Crippen LogP contribution in [0.4, 0.5) is 10.5 Å². The number of likely N-dealkylation sites (tertiary alicyclic amines) is 1. The normalized spacial score (nSPS) is 18.6. The van der Waals surface area contributed by atoms with Crippen LogP contribution >= 0.6 is 0 Å². The summed E-state index contributed by atoms with van der Waals surface area (Å²) in [6, 6.07) is 15.7. The second-order valence-corrected chi connectivity index (χ2v) is 8.18. The number of urea groups is 1.